The number of halogens is 1. The lowest BCUT2D eigenvalue weighted by atomic mass is 9.76. The Labute approximate surface area is 128 Å². The smallest absolute Gasteiger partial charge is 0.425 e. The Morgan fingerprint density at radius 3 is 2.14 bits per heavy atom. The third-order valence-corrected chi connectivity index (χ3v) is 4.96. The Bertz CT molecular complexity index is 475. The first-order valence-corrected chi connectivity index (χ1v) is 8.41. The fraction of sp³-hybridized carbons (Fsp3) is 0.625. The summed E-state index contributed by atoms with van der Waals surface area (Å²) in [6, 6.07) is 5.86. The largest absolute Gasteiger partial charge is 0.428 e. The normalized spacial score (nSPS) is 14.1. The van der Waals surface area contributed by atoms with E-state index in [9.17, 15) is 9.42 Å². The van der Waals surface area contributed by atoms with Crippen LogP contribution in [-0.4, -0.2) is 4.89 Å². The zero-order chi connectivity index (χ0) is 16.3. The number of rotatable bonds is 7. The molecule has 1 unspecified atom stereocenters. The second-order valence-electron chi connectivity index (χ2n) is 6.58. The van der Waals surface area contributed by atoms with Crippen LogP contribution in [0.25, 0.3) is 0 Å². The summed E-state index contributed by atoms with van der Waals surface area (Å²) in [5.41, 5.74) is 2.08. The van der Waals surface area contributed by atoms with E-state index in [1.165, 1.54) is 5.56 Å². The highest BCUT2D eigenvalue weighted by molar-refractivity contribution is 7.40. The van der Waals surface area contributed by atoms with Crippen molar-refractivity contribution in [2.45, 2.75) is 65.2 Å². The highest BCUT2D eigenvalue weighted by atomic mass is 31.2. The molecule has 0 radical (unpaired) electrons. The van der Waals surface area contributed by atoms with Gasteiger partial charge >= 0.3 is 8.60 Å². The molecule has 0 aliphatic carbocycles. The Kier molecular flexibility index (Phi) is 6.15. The van der Waals surface area contributed by atoms with Gasteiger partial charge in [0.2, 0.25) is 0 Å². The van der Waals surface area contributed by atoms with E-state index < -0.39 is 8.60 Å². The topological polar surface area (TPSA) is 38.7 Å². The van der Waals surface area contributed by atoms with Crippen LogP contribution in [0, 0.1) is 0 Å². The van der Waals surface area contributed by atoms with Crippen molar-refractivity contribution in [2.75, 3.05) is 0 Å². The van der Waals surface area contributed by atoms with Crippen molar-refractivity contribution < 1.29 is 18.7 Å². The second kappa shape index (κ2) is 7.04. The third-order valence-electron chi connectivity index (χ3n) is 4.49. The van der Waals surface area contributed by atoms with Gasteiger partial charge < -0.3 is 9.42 Å². The Hall–Kier alpha value is -0.700. The van der Waals surface area contributed by atoms with E-state index >= 15 is 0 Å². The molecule has 5 heteroatoms. The van der Waals surface area contributed by atoms with Crippen molar-refractivity contribution in [3.05, 3.63) is 29.3 Å². The van der Waals surface area contributed by atoms with Crippen molar-refractivity contribution in [1.82, 2.24) is 0 Å². The molecule has 0 fully saturated rings. The lowest BCUT2D eigenvalue weighted by Gasteiger charge is -2.30. The van der Waals surface area contributed by atoms with Crippen LogP contribution < -0.4 is 4.52 Å². The van der Waals surface area contributed by atoms with Gasteiger partial charge in [-0.25, -0.2) is 0 Å². The summed E-state index contributed by atoms with van der Waals surface area (Å²) in [5, 5.41) is 0. The predicted molar refractivity (Wildman–Crippen MR) is 85.0 cm³/mol. The molecule has 0 saturated carbocycles. The summed E-state index contributed by atoms with van der Waals surface area (Å²) in [7, 11) is -2.53. The van der Waals surface area contributed by atoms with Crippen LogP contribution in [0.1, 0.15) is 65.5 Å². The average molecular weight is 316 g/mol. The lowest BCUT2D eigenvalue weighted by molar-refractivity contribution is -0.0179. The van der Waals surface area contributed by atoms with Crippen LogP contribution >= 0.6 is 8.60 Å². The minimum absolute atomic E-state index is 0.0532. The van der Waals surface area contributed by atoms with E-state index in [0.29, 0.717) is 5.75 Å². The number of benzene rings is 1. The van der Waals surface area contributed by atoms with E-state index in [0.717, 1.165) is 18.4 Å². The molecule has 0 spiro atoms. The molecule has 0 aromatic heterocycles. The van der Waals surface area contributed by atoms with Gasteiger partial charge in [-0.2, -0.15) is 0 Å². The van der Waals surface area contributed by atoms with Crippen molar-refractivity contribution in [1.29, 1.82) is 0 Å². The van der Waals surface area contributed by atoms with Crippen molar-refractivity contribution in [2.24, 2.45) is 0 Å². The quantitative estimate of drug-likeness (QED) is 0.669. The molecule has 0 bridgehead atoms. The van der Waals surface area contributed by atoms with E-state index in [2.05, 4.69) is 52.3 Å². The van der Waals surface area contributed by atoms with E-state index in [1.807, 2.05) is 6.07 Å². The first kappa shape index (κ1) is 18.3. The molecule has 120 valence electrons. The molecule has 0 aliphatic heterocycles. The van der Waals surface area contributed by atoms with E-state index in [-0.39, 0.29) is 10.8 Å². The van der Waals surface area contributed by atoms with Crippen molar-refractivity contribution in [3.8, 4) is 5.75 Å². The summed E-state index contributed by atoms with van der Waals surface area (Å²) < 4.78 is 20.6. The van der Waals surface area contributed by atoms with Crippen molar-refractivity contribution in [3.63, 3.8) is 0 Å². The Morgan fingerprint density at radius 2 is 1.67 bits per heavy atom. The summed E-state index contributed by atoms with van der Waals surface area (Å²) in [4.78, 5) is 9.29. The SMILES string of the molecule is CCC(C)(C)c1ccc(OP(O)OF)c(C(C)(C)CC)c1. The lowest BCUT2D eigenvalue weighted by Crippen LogP contribution is -2.20. The highest BCUT2D eigenvalue weighted by Gasteiger charge is 2.27. The number of hydrogen-bond donors (Lipinski definition) is 1. The van der Waals surface area contributed by atoms with Gasteiger partial charge in [-0.3, -0.25) is 0 Å². The molecule has 0 amide bonds. The fourth-order valence-electron chi connectivity index (χ4n) is 2.05. The molecule has 0 heterocycles. The standard InChI is InChI=1S/C16H26FO3P/c1-7-15(3,4)12-9-10-14(19-21(18)20-17)13(11-12)16(5,6)8-2/h9-11,18H,7-8H2,1-6H3. The van der Waals surface area contributed by atoms with Gasteiger partial charge in [-0.1, -0.05) is 58.4 Å². The van der Waals surface area contributed by atoms with Crippen LogP contribution in [0.15, 0.2) is 18.2 Å². The minimum Gasteiger partial charge on any atom is -0.425 e. The molecule has 1 N–H and O–H groups in total. The summed E-state index contributed by atoms with van der Waals surface area (Å²) in [5.74, 6) is 0.476. The fourth-order valence-corrected chi connectivity index (χ4v) is 2.41. The van der Waals surface area contributed by atoms with Crippen LogP contribution in [0.5, 0.6) is 5.75 Å². The molecule has 1 aromatic rings. The average Bonchev–Trinajstić information content (AvgIpc) is 2.47. The monoisotopic (exact) mass is 316 g/mol. The van der Waals surface area contributed by atoms with Gasteiger partial charge in [0, 0.05) is 5.56 Å². The van der Waals surface area contributed by atoms with Crippen LogP contribution in [-0.2, 0) is 15.6 Å². The molecular weight excluding hydrogens is 290 g/mol. The van der Waals surface area contributed by atoms with Crippen LogP contribution in [0.4, 0.5) is 4.53 Å². The molecule has 21 heavy (non-hydrogen) atoms. The third kappa shape index (κ3) is 4.38. The molecule has 3 nitrogen and oxygen atoms in total. The predicted octanol–water partition coefficient (Wildman–Crippen LogP) is 5.56. The molecule has 1 aromatic carbocycles. The second-order valence-corrected chi connectivity index (χ2v) is 7.38. The van der Waals surface area contributed by atoms with Crippen LogP contribution in [0.3, 0.4) is 0 Å². The zero-order valence-corrected chi connectivity index (χ0v) is 14.6. The molecule has 0 aliphatic rings. The van der Waals surface area contributed by atoms with Gasteiger partial charge in [0.1, 0.15) is 5.75 Å². The summed E-state index contributed by atoms with van der Waals surface area (Å²) >= 11 is 0. The minimum atomic E-state index is -2.53. The summed E-state index contributed by atoms with van der Waals surface area (Å²) in [6.07, 6.45) is 1.92. The maximum atomic E-state index is 12.1. The first-order chi connectivity index (χ1) is 9.67. The maximum absolute atomic E-state index is 12.1. The van der Waals surface area contributed by atoms with Crippen LogP contribution in [0.2, 0.25) is 0 Å². The first-order valence-electron chi connectivity index (χ1n) is 7.28. The van der Waals surface area contributed by atoms with E-state index in [4.69, 9.17) is 4.52 Å². The number of hydrogen-bond acceptors (Lipinski definition) is 3. The molecule has 0 saturated heterocycles. The maximum Gasteiger partial charge on any atom is 0.428 e. The van der Waals surface area contributed by atoms with Gasteiger partial charge in [0.05, 0.1) is 0 Å². The Balaban J connectivity index is 3.33. The molecular formula is C16H26FO3P. The van der Waals surface area contributed by atoms with Crippen molar-refractivity contribution >= 4 is 8.60 Å². The van der Waals surface area contributed by atoms with Gasteiger partial charge in [0.15, 0.2) is 0 Å². The Morgan fingerprint density at radius 1 is 1.10 bits per heavy atom. The molecule has 1 rings (SSSR count). The zero-order valence-electron chi connectivity index (χ0n) is 13.7. The highest BCUT2D eigenvalue weighted by Crippen LogP contribution is 2.43. The van der Waals surface area contributed by atoms with Gasteiger partial charge in [0.25, 0.3) is 0 Å². The molecule has 1 atom stereocenters. The van der Waals surface area contributed by atoms with Gasteiger partial charge in [-0.15, -0.1) is 0 Å². The van der Waals surface area contributed by atoms with Gasteiger partial charge in [-0.05, 0) is 39.8 Å². The summed E-state index contributed by atoms with van der Waals surface area (Å²) in [6.45, 7) is 12.8. The van der Waals surface area contributed by atoms with E-state index in [1.54, 1.807) is 6.07 Å².